The summed E-state index contributed by atoms with van der Waals surface area (Å²) in [7, 11) is 0.644. The van der Waals surface area contributed by atoms with Gasteiger partial charge in [0.25, 0.3) is 0 Å². The Kier molecular flexibility index (Phi) is 7.75. The summed E-state index contributed by atoms with van der Waals surface area (Å²) in [6.07, 6.45) is 1.44. The van der Waals surface area contributed by atoms with Crippen molar-refractivity contribution >= 4 is 10.8 Å². The van der Waals surface area contributed by atoms with Crippen LogP contribution in [0.3, 0.4) is 0 Å². The molecule has 0 fully saturated rings. The van der Waals surface area contributed by atoms with Crippen LogP contribution in [0, 0.1) is 0 Å². The summed E-state index contributed by atoms with van der Waals surface area (Å²) in [5, 5.41) is 9.20. The van der Waals surface area contributed by atoms with Crippen molar-refractivity contribution in [3.05, 3.63) is 0 Å². The largest absolute Gasteiger partial charge is 0.390 e. The molecule has 0 saturated heterocycles. The molecule has 1 N–H and O–H groups in total. The van der Waals surface area contributed by atoms with Gasteiger partial charge in [-0.25, -0.2) is 0 Å². The molecule has 0 aliphatic rings. The Morgan fingerprint density at radius 3 is 2.75 bits per heavy atom. The zero-order chi connectivity index (χ0) is 9.40. The normalized spacial score (nSPS) is 15.9. The second-order valence-electron chi connectivity index (χ2n) is 2.77. The van der Waals surface area contributed by atoms with Gasteiger partial charge in [0.15, 0.2) is 0 Å². The van der Waals surface area contributed by atoms with E-state index in [-0.39, 0.29) is 6.61 Å². The van der Waals surface area contributed by atoms with E-state index in [4.69, 9.17) is 4.74 Å². The second-order valence-corrected chi connectivity index (χ2v) is 4.39. The fourth-order valence-electron chi connectivity index (χ4n) is 0.844. The van der Waals surface area contributed by atoms with Crippen LogP contribution in [-0.4, -0.2) is 40.6 Å². The van der Waals surface area contributed by atoms with Crippen LogP contribution in [0.15, 0.2) is 0 Å². The van der Waals surface area contributed by atoms with Crippen molar-refractivity contribution in [1.82, 2.24) is 0 Å². The molecule has 0 aliphatic carbocycles. The van der Waals surface area contributed by atoms with E-state index in [1.165, 1.54) is 7.11 Å². The van der Waals surface area contributed by atoms with Gasteiger partial charge in [0, 0.05) is 23.7 Å². The van der Waals surface area contributed by atoms with Crippen molar-refractivity contribution in [2.45, 2.75) is 25.9 Å². The molecular formula is C8H18O3S. The number of unbranched alkanes of at least 4 members (excludes halogenated alkanes) is 1. The lowest BCUT2D eigenvalue weighted by atomic mass is 10.4. The molecule has 74 valence electrons. The average Bonchev–Trinajstić information content (AvgIpc) is 2.01. The SMILES string of the molecule is CCCCS(=O)CC(O)COC. The number of hydrogen-bond donors (Lipinski definition) is 1. The molecule has 12 heavy (non-hydrogen) atoms. The Balaban J connectivity index is 3.40. The van der Waals surface area contributed by atoms with Gasteiger partial charge >= 0.3 is 0 Å². The standard InChI is InChI=1S/C8H18O3S/c1-3-4-5-12(10)7-8(9)6-11-2/h8-9H,3-7H2,1-2H3. The number of aliphatic hydroxyl groups is 1. The molecule has 2 unspecified atom stereocenters. The average molecular weight is 194 g/mol. The van der Waals surface area contributed by atoms with Gasteiger partial charge in [-0.2, -0.15) is 0 Å². The minimum absolute atomic E-state index is 0.276. The second kappa shape index (κ2) is 7.71. The zero-order valence-electron chi connectivity index (χ0n) is 7.78. The van der Waals surface area contributed by atoms with Crippen molar-refractivity contribution in [1.29, 1.82) is 0 Å². The van der Waals surface area contributed by atoms with Crippen LogP contribution < -0.4 is 0 Å². The predicted octanol–water partition coefficient (Wildman–Crippen LogP) is 0.542. The monoisotopic (exact) mass is 194 g/mol. The van der Waals surface area contributed by atoms with E-state index >= 15 is 0 Å². The number of hydrogen-bond acceptors (Lipinski definition) is 3. The molecule has 0 rings (SSSR count). The Morgan fingerprint density at radius 2 is 2.25 bits per heavy atom. The van der Waals surface area contributed by atoms with Crippen LogP contribution >= 0.6 is 0 Å². The Bertz CT molecular complexity index is 127. The number of aliphatic hydroxyl groups excluding tert-OH is 1. The molecule has 0 spiro atoms. The van der Waals surface area contributed by atoms with Gasteiger partial charge in [0.05, 0.1) is 18.5 Å². The van der Waals surface area contributed by atoms with Gasteiger partial charge in [-0.1, -0.05) is 13.3 Å². The topological polar surface area (TPSA) is 46.5 Å². The molecule has 0 saturated carbocycles. The summed E-state index contributed by atoms with van der Waals surface area (Å²) in [5.74, 6) is 1.03. The summed E-state index contributed by atoms with van der Waals surface area (Å²) in [6.45, 7) is 2.33. The fourth-order valence-corrected chi connectivity index (χ4v) is 2.15. The maximum atomic E-state index is 11.2. The minimum Gasteiger partial charge on any atom is -0.390 e. The Labute approximate surface area is 76.6 Å². The molecule has 0 aliphatic heterocycles. The van der Waals surface area contributed by atoms with Gasteiger partial charge in [-0.05, 0) is 6.42 Å². The highest BCUT2D eigenvalue weighted by molar-refractivity contribution is 7.85. The van der Waals surface area contributed by atoms with E-state index < -0.39 is 16.9 Å². The van der Waals surface area contributed by atoms with Crippen LogP contribution in [0.4, 0.5) is 0 Å². The summed E-state index contributed by atoms with van der Waals surface area (Å²) in [5.41, 5.74) is 0. The molecule has 4 heteroatoms. The first kappa shape index (κ1) is 12.1. The highest BCUT2D eigenvalue weighted by atomic mass is 32.2. The van der Waals surface area contributed by atoms with Crippen LogP contribution in [0.1, 0.15) is 19.8 Å². The van der Waals surface area contributed by atoms with E-state index in [1.54, 1.807) is 0 Å². The third-order valence-electron chi connectivity index (χ3n) is 1.46. The highest BCUT2D eigenvalue weighted by Crippen LogP contribution is 1.95. The van der Waals surface area contributed by atoms with Crippen molar-refractivity contribution in [3.63, 3.8) is 0 Å². The summed E-state index contributed by atoms with van der Waals surface area (Å²) in [6, 6.07) is 0. The van der Waals surface area contributed by atoms with Crippen LogP contribution in [0.2, 0.25) is 0 Å². The lowest BCUT2D eigenvalue weighted by Crippen LogP contribution is -2.23. The van der Waals surface area contributed by atoms with Crippen molar-refractivity contribution in [2.75, 3.05) is 25.2 Å². The van der Waals surface area contributed by atoms with Crippen LogP contribution in [-0.2, 0) is 15.5 Å². The minimum atomic E-state index is -0.881. The molecule has 0 aromatic carbocycles. The fraction of sp³-hybridized carbons (Fsp3) is 1.00. The summed E-state index contributed by atoms with van der Waals surface area (Å²) >= 11 is 0. The quantitative estimate of drug-likeness (QED) is 0.643. The first-order valence-electron chi connectivity index (χ1n) is 4.22. The lowest BCUT2D eigenvalue weighted by molar-refractivity contribution is 0.0788. The van der Waals surface area contributed by atoms with Gasteiger partial charge < -0.3 is 9.84 Å². The highest BCUT2D eigenvalue weighted by Gasteiger charge is 2.07. The molecule has 0 bridgehead atoms. The third-order valence-corrected chi connectivity index (χ3v) is 2.96. The van der Waals surface area contributed by atoms with Gasteiger partial charge in [0.2, 0.25) is 0 Å². The van der Waals surface area contributed by atoms with E-state index in [2.05, 4.69) is 6.92 Å². The van der Waals surface area contributed by atoms with Crippen molar-refractivity contribution in [3.8, 4) is 0 Å². The Morgan fingerprint density at radius 1 is 1.58 bits per heavy atom. The molecule has 3 nitrogen and oxygen atoms in total. The van der Waals surface area contributed by atoms with Crippen LogP contribution in [0.25, 0.3) is 0 Å². The predicted molar refractivity (Wildman–Crippen MR) is 50.7 cm³/mol. The molecule has 2 atom stereocenters. The first-order chi connectivity index (χ1) is 5.70. The van der Waals surface area contributed by atoms with E-state index in [1.807, 2.05) is 0 Å². The maximum absolute atomic E-state index is 11.2. The van der Waals surface area contributed by atoms with E-state index in [0.29, 0.717) is 11.5 Å². The van der Waals surface area contributed by atoms with Gasteiger partial charge in [-0.15, -0.1) is 0 Å². The Hall–Kier alpha value is 0.0700. The van der Waals surface area contributed by atoms with Crippen LogP contribution in [0.5, 0.6) is 0 Å². The molecule has 0 radical (unpaired) electrons. The van der Waals surface area contributed by atoms with Crippen molar-refractivity contribution in [2.24, 2.45) is 0 Å². The van der Waals surface area contributed by atoms with Gasteiger partial charge in [0.1, 0.15) is 0 Å². The molecular weight excluding hydrogens is 176 g/mol. The number of ether oxygens (including phenoxy) is 1. The number of methoxy groups -OCH3 is 1. The lowest BCUT2D eigenvalue weighted by Gasteiger charge is -2.08. The summed E-state index contributed by atoms with van der Waals surface area (Å²) in [4.78, 5) is 0. The maximum Gasteiger partial charge on any atom is 0.0888 e. The third kappa shape index (κ3) is 6.76. The smallest absolute Gasteiger partial charge is 0.0888 e. The zero-order valence-corrected chi connectivity index (χ0v) is 8.60. The first-order valence-corrected chi connectivity index (χ1v) is 5.71. The molecule has 0 heterocycles. The summed E-state index contributed by atoms with van der Waals surface area (Å²) < 4.78 is 15.9. The van der Waals surface area contributed by atoms with E-state index in [0.717, 1.165) is 12.8 Å². The van der Waals surface area contributed by atoms with E-state index in [9.17, 15) is 9.32 Å². The molecule has 0 aromatic rings. The molecule has 0 amide bonds. The van der Waals surface area contributed by atoms with Gasteiger partial charge in [-0.3, -0.25) is 4.21 Å². The number of rotatable bonds is 7. The molecule has 0 aromatic heterocycles. The van der Waals surface area contributed by atoms with Crippen molar-refractivity contribution < 1.29 is 14.1 Å².